The number of para-hydroxylation sites is 2. The molecule has 0 N–H and O–H groups in total. The molecule has 0 fully saturated rings. The Morgan fingerprint density at radius 3 is 1.57 bits per heavy atom. The fraction of sp³-hybridized carbons (Fsp3) is 0. The third-order valence-electron chi connectivity index (χ3n) is 15.5. The fourth-order valence-corrected chi connectivity index (χ4v) is 13.6. The van der Waals surface area contributed by atoms with E-state index in [4.69, 9.17) is 4.42 Å². The Hall–Kier alpha value is -9.00. The van der Waals surface area contributed by atoms with Crippen LogP contribution in [0.15, 0.2) is 258 Å². The number of nitrogens with zero attached hydrogens (tertiary/aromatic N) is 2. The second-order valence-corrected chi connectivity index (χ2v) is 21.8. The smallest absolute Gasteiger partial charge is 0.135 e. The first-order valence-corrected chi connectivity index (χ1v) is 27.0. The van der Waals surface area contributed by atoms with Crippen LogP contribution in [0.3, 0.4) is 0 Å². The average Bonchev–Trinajstić information content (AvgIpc) is 4.26. The lowest BCUT2D eigenvalue weighted by Gasteiger charge is -2.13. The van der Waals surface area contributed by atoms with Gasteiger partial charge in [0.25, 0.3) is 0 Å². The molecule has 0 aliphatic carbocycles. The Bertz CT molecular complexity index is 5030. The minimum Gasteiger partial charge on any atom is -0.456 e. The SMILES string of the molecule is Brc1cc(-c2ccc3c(c2)c2ccc(-c4ccc5oc6ccccc6c5c4)cc2n3-c2ccccc2)cc(-c2ccc3c(c2)c2ccc(-c4ccc5sc6ccccc6c5c4)cc2n3-c2cccc3ccccc23)c1. The molecule has 0 unspecified atom stereocenters. The number of benzene rings is 12. The van der Waals surface area contributed by atoms with Crippen LogP contribution in [0.25, 0.3) is 152 Å². The van der Waals surface area contributed by atoms with Gasteiger partial charge in [-0.2, -0.15) is 0 Å². The molecular formula is C70H41BrN2OS. The summed E-state index contributed by atoms with van der Waals surface area (Å²) in [5.41, 5.74) is 18.2. The molecule has 0 amide bonds. The highest BCUT2D eigenvalue weighted by Gasteiger charge is 2.20. The highest BCUT2D eigenvalue weighted by molar-refractivity contribution is 9.10. The summed E-state index contributed by atoms with van der Waals surface area (Å²) in [6, 6.07) is 91.5. The molecule has 12 aromatic carbocycles. The molecule has 0 saturated carbocycles. The normalized spacial score (nSPS) is 12.1. The van der Waals surface area contributed by atoms with Gasteiger partial charge in [0, 0.05) is 68.0 Å². The van der Waals surface area contributed by atoms with E-state index >= 15 is 0 Å². The van der Waals surface area contributed by atoms with Gasteiger partial charge in [-0.25, -0.2) is 0 Å². The Kier molecular flexibility index (Phi) is 9.35. The zero-order valence-electron chi connectivity index (χ0n) is 40.3. The molecule has 75 heavy (non-hydrogen) atoms. The lowest BCUT2D eigenvalue weighted by molar-refractivity contribution is 0.669. The van der Waals surface area contributed by atoms with E-state index in [9.17, 15) is 0 Å². The summed E-state index contributed by atoms with van der Waals surface area (Å²) in [6.07, 6.45) is 0. The summed E-state index contributed by atoms with van der Waals surface area (Å²) >= 11 is 5.84. The maximum Gasteiger partial charge on any atom is 0.135 e. The van der Waals surface area contributed by atoms with Crippen molar-refractivity contribution in [1.29, 1.82) is 0 Å². The van der Waals surface area contributed by atoms with Crippen LogP contribution >= 0.6 is 27.3 Å². The predicted molar refractivity (Wildman–Crippen MR) is 322 cm³/mol. The van der Waals surface area contributed by atoms with Gasteiger partial charge in [-0.15, -0.1) is 11.3 Å². The molecule has 0 radical (unpaired) electrons. The number of hydrogen-bond acceptors (Lipinski definition) is 2. The summed E-state index contributed by atoms with van der Waals surface area (Å²) < 4.78 is 14.8. The number of hydrogen-bond donors (Lipinski definition) is 0. The van der Waals surface area contributed by atoms with E-state index in [0.29, 0.717) is 0 Å². The number of halogens is 1. The van der Waals surface area contributed by atoms with E-state index < -0.39 is 0 Å². The van der Waals surface area contributed by atoms with Crippen LogP contribution in [0, 0.1) is 0 Å². The summed E-state index contributed by atoms with van der Waals surface area (Å²) in [7, 11) is 0. The van der Waals surface area contributed by atoms with E-state index in [0.717, 1.165) is 71.0 Å². The molecule has 16 aromatic rings. The van der Waals surface area contributed by atoms with Crippen molar-refractivity contribution in [2.24, 2.45) is 0 Å². The molecule has 5 heteroatoms. The Morgan fingerprint density at radius 1 is 0.293 bits per heavy atom. The molecule has 16 rings (SSSR count). The average molecular weight is 1040 g/mol. The number of furan rings is 1. The topological polar surface area (TPSA) is 23.0 Å². The summed E-state index contributed by atoms with van der Waals surface area (Å²) in [5, 5.41) is 12.2. The molecule has 0 bridgehead atoms. The van der Waals surface area contributed by atoms with Crippen LogP contribution in [0.1, 0.15) is 0 Å². The maximum atomic E-state index is 6.20. The van der Waals surface area contributed by atoms with Crippen molar-refractivity contribution in [3.05, 3.63) is 253 Å². The molecule has 350 valence electrons. The van der Waals surface area contributed by atoms with Crippen LogP contribution in [0.2, 0.25) is 0 Å². The fourth-order valence-electron chi connectivity index (χ4n) is 12.0. The Labute approximate surface area is 443 Å². The van der Waals surface area contributed by atoms with E-state index in [1.807, 2.05) is 23.5 Å². The van der Waals surface area contributed by atoms with Crippen LogP contribution in [0.5, 0.6) is 0 Å². The van der Waals surface area contributed by atoms with Gasteiger partial charge in [-0.05, 0) is 159 Å². The van der Waals surface area contributed by atoms with Crippen molar-refractivity contribution in [2.75, 3.05) is 0 Å². The highest BCUT2D eigenvalue weighted by atomic mass is 79.9. The lowest BCUT2D eigenvalue weighted by atomic mass is 9.96. The van der Waals surface area contributed by atoms with Crippen molar-refractivity contribution in [1.82, 2.24) is 9.13 Å². The van der Waals surface area contributed by atoms with Gasteiger partial charge in [-0.1, -0.05) is 155 Å². The third-order valence-corrected chi connectivity index (χ3v) is 17.1. The maximum absolute atomic E-state index is 6.20. The molecule has 0 atom stereocenters. The number of aromatic nitrogens is 2. The van der Waals surface area contributed by atoms with Gasteiger partial charge in [0.1, 0.15) is 11.2 Å². The number of fused-ring (bicyclic) bond motifs is 13. The quantitative estimate of drug-likeness (QED) is 0.163. The second kappa shape index (κ2) is 16.5. The van der Waals surface area contributed by atoms with E-state index in [-0.39, 0.29) is 0 Å². The molecule has 3 nitrogen and oxygen atoms in total. The third kappa shape index (κ3) is 6.72. The number of thiophene rings is 1. The van der Waals surface area contributed by atoms with Gasteiger partial charge in [0.05, 0.1) is 27.8 Å². The minimum atomic E-state index is 0.902. The first-order chi connectivity index (χ1) is 37.0. The second-order valence-electron chi connectivity index (χ2n) is 19.8. The number of rotatable bonds is 6. The first kappa shape index (κ1) is 42.5. The zero-order chi connectivity index (χ0) is 49.3. The van der Waals surface area contributed by atoms with Crippen LogP contribution in [-0.2, 0) is 0 Å². The molecule has 0 aliphatic rings. The van der Waals surface area contributed by atoms with E-state index in [1.54, 1.807) is 0 Å². The van der Waals surface area contributed by atoms with Crippen molar-refractivity contribution >= 4 is 124 Å². The van der Waals surface area contributed by atoms with Crippen LogP contribution in [0.4, 0.5) is 0 Å². The molecule has 0 saturated heterocycles. The molecule has 4 heterocycles. The summed E-state index contributed by atoms with van der Waals surface area (Å²) in [5.74, 6) is 0. The van der Waals surface area contributed by atoms with E-state index in [2.05, 4.69) is 262 Å². The summed E-state index contributed by atoms with van der Waals surface area (Å²) in [6.45, 7) is 0. The molecule has 0 spiro atoms. The lowest BCUT2D eigenvalue weighted by Crippen LogP contribution is -1.95. The minimum absolute atomic E-state index is 0.902. The largest absolute Gasteiger partial charge is 0.456 e. The summed E-state index contributed by atoms with van der Waals surface area (Å²) in [4.78, 5) is 0. The van der Waals surface area contributed by atoms with E-state index in [1.165, 1.54) is 85.9 Å². The monoisotopic (exact) mass is 1040 g/mol. The predicted octanol–water partition coefficient (Wildman–Crippen LogP) is 20.7. The van der Waals surface area contributed by atoms with Gasteiger partial charge in [0.15, 0.2) is 0 Å². The van der Waals surface area contributed by atoms with Gasteiger partial charge in [0.2, 0.25) is 0 Å². The van der Waals surface area contributed by atoms with Crippen molar-refractivity contribution in [2.45, 2.75) is 0 Å². The van der Waals surface area contributed by atoms with Gasteiger partial charge in [-0.3, -0.25) is 0 Å². The standard InChI is InChI=1S/C70H41BrN2OS/c71-51-34-49(45-23-29-63-58(36-45)54-27-21-47(40-65(54)72(63)52-13-2-1-3-14-52)43-25-31-68-60(38-43)56-16-6-8-19-67(56)74-68)33-50(35-51)46-24-30-64-59(37-46)55-28-22-48(44-26-32-70-61(39-44)57-17-7-9-20-69(57)75-70)41-66(55)73(64)62-18-10-12-42-11-4-5-15-53(42)62/h1-41H. The van der Waals surface area contributed by atoms with Gasteiger partial charge >= 0.3 is 0 Å². The first-order valence-electron chi connectivity index (χ1n) is 25.4. The van der Waals surface area contributed by atoms with Crippen LogP contribution in [-0.4, -0.2) is 9.13 Å². The zero-order valence-corrected chi connectivity index (χ0v) is 42.7. The molecule has 0 aliphatic heterocycles. The highest BCUT2D eigenvalue weighted by Crippen LogP contribution is 2.43. The Morgan fingerprint density at radius 2 is 0.813 bits per heavy atom. The van der Waals surface area contributed by atoms with Crippen molar-refractivity contribution in [3.63, 3.8) is 0 Å². The van der Waals surface area contributed by atoms with Gasteiger partial charge < -0.3 is 13.6 Å². The van der Waals surface area contributed by atoms with Crippen molar-refractivity contribution < 1.29 is 4.42 Å². The van der Waals surface area contributed by atoms with Crippen LogP contribution < -0.4 is 0 Å². The van der Waals surface area contributed by atoms with Crippen molar-refractivity contribution in [3.8, 4) is 55.9 Å². The molecular weight excluding hydrogens is 997 g/mol. The molecule has 4 aromatic heterocycles. The Balaban J connectivity index is 0.832.